The number of ketones is 1. The summed E-state index contributed by atoms with van der Waals surface area (Å²) in [4.78, 5) is 25.6. The summed E-state index contributed by atoms with van der Waals surface area (Å²) >= 11 is 8.28. The maximum absolute atomic E-state index is 13.2. The van der Waals surface area contributed by atoms with Crippen molar-refractivity contribution in [2.45, 2.75) is 76.9 Å². The molecule has 7 heteroatoms. The number of hydrogen-bond donors (Lipinski definition) is 2. The molecular formula is C29H37ClO5S. The number of unbranched alkanes of at least 4 members (excludes halogenated alkanes) is 1. The number of allylic oxidation sites excluding steroid dienone is 2. The lowest BCUT2D eigenvalue weighted by Gasteiger charge is -2.48. The molecule has 4 rings (SSSR count). The minimum Gasteiger partial charge on any atom is -0.469 e. The highest BCUT2D eigenvalue weighted by atomic mass is 35.5. The van der Waals surface area contributed by atoms with Gasteiger partial charge in [-0.15, -0.1) is 11.3 Å². The first-order valence-electron chi connectivity index (χ1n) is 12.9. The highest BCUT2D eigenvalue weighted by molar-refractivity contribution is 7.19. The number of fused-ring (bicyclic) bond motifs is 1. The predicted molar refractivity (Wildman–Crippen MR) is 144 cm³/mol. The van der Waals surface area contributed by atoms with Crippen molar-refractivity contribution >= 4 is 44.8 Å². The zero-order valence-electron chi connectivity index (χ0n) is 21.3. The molecule has 2 saturated carbocycles. The van der Waals surface area contributed by atoms with Crippen LogP contribution in [0.1, 0.15) is 63.7 Å². The monoisotopic (exact) mass is 532 g/mol. The maximum atomic E-state index is 13.2. The summed E-state index contributed by atoms with van der Waals surface area (Å²) in [6.07, 6.45) is 8.26. The summed E-state index contributed by atoms with van der Waals surface area (Å²) in [5.41, 5.74) is -1.57. The van der Waals surface area contributed by atoms with E-state index >= 15 is 0 Å². The normalized spacial score (nSPS) is 29.7. The Kier molecular flexibility index (Phi) is 8.30. The van der Waals surface area contributed by atoms with Crippen LogP contribution < -0.4 is 0 Å². The maximum Gasteiger partial charge on any atom is 0.305 e. The number of methoxy groups -OCH3 is 1. The average molecular weight is 533 g/mol. The van der Waals surface area contributed by atoms with Crippen LogP contribution in [0.3, 0.4) is 0 Å². The van der Waals surface area contributed by atoms with Crippen LogP contribution in [0.15, 0.2) is 36.4 Å². The van der Waals surface area contributed by atoms with Crippen molar-refractivity contribution in [3.63, 3.8) is 0 Å². The fraction of sp³-hybridized carbons (Fsp3) is 0.586. The van der Waals surface area contributed by atoms with E-state index in [1.807, 2.05) is 44.2 Å². The average Bonchev–Trinajstić information content (AvgIpc) is 3.24. The Morgan fingerprint density at radius 2 is 1.97 bits per heavy atom. The highest BCUT2D eigenvalue weighted by Crippen LogP contribution is 2.55. The number of aliphatic hydroxyl groups is 2. The Hall–Kier alpha value is -1.73. The van der Waals surface area contributed by atoms with Crippen LogP contribution >= 0.6 is 22.9 Å². The van der Waals surface area contributed by atoms with E-state index in [1.54, 1.807) is 11.3 Å². The van der Waals surface area contributed by atoms with Crippen molar-refractivity contribution in [2.24, 2.45) is 23.2 Å². The van der Waals surface area contributed by atoms with Crippen LogP contribution in [0, 0.1) is 23.2 Å². The Morgan fingerprint density at radius 3 is 2.67 bits per heavy atom. The van der Waals surface area contributed by atoms with E-state index in [0.29, 0.717) is 38.5 Å². The molecule has 1 aromatic carbocycles. The number of hydrogen-bond acceptors (Lipinski definition) is 6. The number of thiophene rings is 1. The van der Waals surface area contributed by atoms with E-state index < -0.39 is 17.1 Å². The van der Waals surface area contributed by atoms with E-state index in [4.69, 9.17) is 11.6 Å². The van der Waals surface area contributed by atoms with E-state index in [2.05, 4.69) is 10.8 Å². The molecule has 0 bridgehead atoms. The zero-order chi connectivity index (χ0) is 26.1. The molecule has 2 aliphatic rings. The number of carbonyl (C=O) groups excluding carboxylic acids is 2. The Labute approximate surface area is 222 Å². The number of benzene rings is 1. The first kappa shape index (κ1) is 27.3. The standard InChI is InChI=1S/C29H37ClO5S/c1-28(2)26(32)20(11-6-4-5-7-13-23(31)35-3)24(27(28)33)18-16-29(34,17-18)15-14-22-25(30)19-10-8-9-12-21(19)36-22/h4,6,8-10,12,18,20,24,27,33-34H,5,7,11,13-17H2,1-3H3/b6-4-/t18?,20-,24-,27+,29?/m1/s1. The fourth-order valence-electron chi connectivity index (χ4n) is 6.14. The summed E-state index contributed by atoms with van der Waals surface area (Å²) in [5, 5.41) is 24.2. The van der Waals surface area contributed by atoms with E-state index in [1.165, 1.54) is 7.11 Å². The fourth-order valence-corrected chi connectivity index (χ4v) is 7.67. The Morgan fingerprint density at radius 1 is 1.25 bits per heavy atom. The number of esters is 1. The van der Waals surface area contributed by atoms with Gasteiger partial charge in [-0.3, -0.25) is 9.59 Å². The minimum absolute atomic E-state index is 0.103. The molecule has 2 aromatic rings. The van der Waals surface area contributed by atoms with Gasteiger partial charge >= 0.3 is 5.97 Å². The van der Waals surface area contributed by atoms with Crippen LogP contribution in [0.5, 0.6) is 0 Å². The quantitative estimate of drug-likeness (QED) is 0.219. The lowest BCUT2D eigenvalue weighted by Crippen LogP contribution is -2.50. The second-order valence-electron chi connectivity index (χ2n) is 11.1. The number of rotatable bonds is 10. The van der Waals surface area contributed by atoms with Gasteiger partial charge < -0.3 is 14.9 Å². The third-order valence-corrected chi connectivity index (χ3v) is 10.1. The molecule has 0 unspecified atom stereocenters. The summed E-state index contributed by atoms with van der Waals surface area (Å²) in [6, 6.07) is 8.09. The number of carbonyl (C=O) groups is 2. The topological polar surface area (TPSA) is 83.8 Å². The molecule has 2 aliphatic carbocycles. The summed E-state index contributed by atoms with van der Waals surface area (Å²) < 4.78 is 5.82. The van der Waals surface area contributed by atoms with E-state index in [0.717, 1.165) is 32.8 Å². The lowest BCUT2D eigenvalue weighted by atomic mass is 9.60. The first-order valence-corrected chi connectivity index (χ1v) is 14.1. The first-order chi connectivity index (χ1) is 17.1. The van der Waals surface area contributed by atoms with Gasteiger partial charge in [-0.25, -0.2) is 0 Å². The van der Waals surface area contributed by atoms with Crippen LogP contribution in [0.4, 0.5) is 0 Å². The van der Waals surface area contributed by atoms with Crippen LogP contribution in [-0.2, 0) is 20.7 Å². The number of halogens is 1. The van der Waals surface area contributed by atoms with Gasteiger partial charge in [0.15, 0.2) is 0 Å². The lowest BCUT2D eigenvalue weighted by molar-refractivity contribution is -0.140. The van der Waals surface area contributed by atoms with Crippen LogP contribution in [0.25, 0.3) is 10.1 Å². The molecule has 0 amide bonds. The molecule has 2 fully saturated rings. The molecule has 36 heavy (non-hydrogen) atoms. The number of aryl methyl sites for hydroxylation is 1. The highest BCUT2D eigenvalue weighted by Gasteiger charge is 2.59. The summed E-state index contributed by atoms with van der Waals surface area (Å²) in [6.45, 7) is 3.67. The molecule has 1 heterocycles. The van der Waals surface area contributed by atoms with Crippen LogP contribution in [0.2, 0.25) is 5.02 Å². The molecular weight excluding hydrogens is 496 g/mol. The molecule has 0 radical (unpaired) electrons. The smallest absolute Gasteiger partial charge is 0.305 e. The van der Waals surface area contributed by atoms with Gasteiger partial charge in [0.25, 0.3) is 0 Å². The van der Waals surface area contributed by atoms with Gasteiger partial charge in [-0.1, -0.05) is 55.8 Å². The van der Waals surface area contributed by atoms with Crippen molar-refractivity contribution in [3.05, 3.63) is 46.3 Å². The van der Waals surface area contributed by atoms with Gasteiger partial charge in [-0.05, 0) is 62.8 Å². The molecule has 1 aromatic heterocycles. The Bertz CT molecular complexity index is 1130. The van der Waals surface area contributed by atoms with Crippen molar-refractivity contribution < 1.29 is 24.5 Å². The summed E-state index contributed by atoms with van der Waals surface area (Å²) in [7, 11) is 1.39. The second-order valence-corrected chi connectivity index (χ2v) is 12.6. The minimum atomic E-state index is -0.785. The Balaban J connectivity index is 1.35. The molecule has 196 valence electrons. The van der Waals surface area contributed by atoms with Gasteiger partial charge in [0.05, 0.1) is 23.8 Å². The van der Waals surface area contributed by atoms with E-state index in [9.17, 15) is 19.8 Å². The van der Waals surface area contributed by atoms with Gasteiger partial charge in [0.2, 0.25) is 0 Å². The number of Topliss-reactive ketones (excluding diaryl/α,β-unsaturated/α-hetero) is 1. The van der Waals surface area contributed by atoms with Gasteiger partial charge in [-0.2, -0.15) is 0 Å². The zero-order valence-corrected chi connectivity index (χ0v) is 22.9. The molecule has 5 nitrogen and oxygen atoms in total. The number of aliphatic hydroxyl groups excluding tert-OH is 1. The third-order valence-electron chi connectivity index (χ3n) is 8.32. The number of ether oxygens (including phenoxy) is 1. The molecule has 3 atom stereocenters. The van der Waals surface area contributed by atoms with Crippen LogP contribution in [-0.4, -0.2) is 40.8 Å². The third kappa shape index (κ3) is 5.42. The van der Waals surface area contributed by atoms with Gasteiger partial charge in [0, 0.05) is 32.7 Å². The van der Waals surface area contributed by atoms with E-state index in [-0.39, 0.29) is 29.5 Å². The van der Waals surface area contributed by atoms with Crippen molar-refractivity contribution in [1.29, 1.82) is 0 Å². The second kappa shape index (κ2) is 10.9. The molecule has 0 spiro atoms. The largest absolute Gasteiger partial charge is 0.469 e. The SMILES string of the molecule is COC(=O)CCC/C=C\C[C@H]1C(=O)C(C)(C)[C@@H](O)[C@@H]1C1CC(O)(CCc2sc3ccccc3c2Cl)C1. The van der Waals surface area contributed by atoms with Gasteiger partial charge in [0.1, 0.15) is 5.78 Å². The van der Waals surface area contributed by atoms with Crippen molar-refractivity contribution in [1.82, 2.24) is 0 Å². The van der Waals surface area contributed by atoms with Crippen molar-refractivity contribution in [3.8, 4) is 0 Å². The predicted octanol–water partition coefficient (Wildman–Crippen LogP) is 6.12. The molecule has 0 saturated heterocycles. The van der Waals surface area contributed by atoms with Crippen molar-refractivity contribution in [2.75, 3.05) is 7.11 Å². The summed E-state index contributed by atoms with van der Waals surface area (Å²) in [5.74, 6) is -0.400. The molecule has 0 aliphatic heterocycles. The molecule has 2 N–H and O–H groups in total.